The number of hydrogen-bond donors (Lipinski definition) is 0. The second-order valence-electron chi connectivity index (χ2n) is 20.1. The van der Waals surface area contributed by atoms with Crippen LogP contribution in [0.15, 0.2) is 104 Å². The highest BCUT2D eigenvalue weighted by molar-refractivity contribution is 5.93. The molecule has 8 heteroatoms. The highest BCUT2D eigenvalue weighted by atomic mass is 16.4. The molecular formula is C55H58N4O4. The molecule has 0 N–H and O–H groups in total. The van der Waals surface area contributed by atoms with E-state index in [0.717, 1.165) is 115 Å². The van der Waals surface area contributed by atoms with Crippen LogP contribution in [0.2, 0.25) is 0 Å². The third-order valence-corrected chi connectivity index (χ3v) is 14.6. The van der Waals surface area contributed by atoms with Crippen LogP contribution in [0.3, 0.4) is 0 Å². The number of unbranched alkanes of at least 4 members (excludes halogenated alkanes) is 2. The molecule has 0 unspecified atom stereocenters. The van der Waals surface area contributed by atoms with Crippen LogP contribution in [-0.2, 0) is 16.2 Å². The topological polar surface area (TPSA) is 92.7 Å². The Morgan fingerprint density at radius 1 is 0.619 bits per heavy atom. The molecule has 322 valence electrons. The Morgan fingerprint density at radius 2 is 1.24 bits per heavy atom. The summed E-state index contributed by atoms with van der Waals surface area (Å²) in [4.78, 5) is 41.9. The van der Waals surface area contributed by atoms with E-state index in [1.54, 1.807) is 12.4 Å². The van der Waals surface area contributed by atoms with Crippen molar-refractivity contribution in [2.24, 2.45) is 0 Å². The van der Waals surface area contributed by atoms with Crippen LogP contribution in [0, 0.1) is 0 Å². The van der Waals surface area contributed by atoms with Crippen LogP contribution in [0.5, 0.6) is 0 Å². The van der Waals surface area contributed by atoms with Gasteiger partial charge in [0, 0.05) is 70.9 Å². The smallest absolute Gasteiger partial charge is 0.345 e. The Hall–Kier alpha value is -6.02. The van der Waals surface area contributed by atoms with Crippen molar-refractivity contribution in [2.45, 2.75) is 110 Å². The molecule has 0 saturated carbocycles. The molecule has 1 aliphatic carbocycles. The molecule has 0 radical (unpaired) electrons. The highest BCUT2D eigenvalue weighted by Gasteiger charge is 2.42. The predicted octanol–water partition coefficient (Wildman–Crippen LogP) is 12.6. The van der Waals surface area contributed by atoms with Gasteiger partial charge < -0.3 is 18.6 Å². The molecule has 10 rings (SSSR count). The standard InChI is InChI=1S/C55H58N4O4/c1-9-11-21-58(22-12-10-2)37-16-13-35-25-41(52(61)62-47(35)30-37)46-32-56-45(31-57-46)34-15-18-39-38-17-14-33(27-42(38)55(7,8)43(39)28-34)40-26-36-29-44-49-48(50(36)63-51(40)60)54(5,6)20-24-59(49)23-19-53(44,3)4/h13-18,25-32H,9-12,19-24H2,1-8H3. The summed E-state index contributed by atoms with van der Waals surface area (Å²) in [6.07, 6.45) is 10.0. The summed E-state index contributed by atoms with van der Waals surface area (Å²) < 4.78 is 12.3. The van der Waals surface area contributed by atoms with Gasteiger partial charge in [0.1, 0.15) is 11.2 Å². The zero-order valence-corrected chi connectivity index (χ0v) is 38.1. The Bertz CT molecular complexity index is 3070. The molecule has 63 heavy (non-hydrogen) atoms. The average Bonchev–Trinajstić information content (AvgIpc) is 3.49. The van der Waals surface area contributed by atoms with Gasteiger partial charge in [-0.25, -0.2) is 9.59 Å². The first-order valence-corrected chi connectivity index (χ1v) is 23.0. The Morgan fingerprint density at radius 3 is 1.92 bits per heavy atom. The second-order valence-corrected chi connectivity index (χ2v) is 20.1. The quantitative estimate of drug-likeness (QED) is 0.126. The summed E-state index contributed by atoms with van der Waals surface area (Å²) in [6, 6.07) is 25.2. The van der Waals surface area contributed by atoms with E-state index in [4.69, 9.17) is 18.8 Å². The average molecular weight is 839 g/mol. The lowest BCUT2D eigenvalue weighted by atomic mass is 9.69. The molecular weight excluding hydrogens is 781 g/mol. The molecule has 0 fully saturated rings. The van der Waals surface area contributed by atoms with Gasteiger partial charge in [0.2, 0.25) is 0 Å². The number of aromatic nitrogens is 2. The van der Waals surface area contributed by atoms with Crippen LogP contribution in [0.1, 0.15) is 116 Å². The van der Waals surface area contributed by atoms with Gasteiger partial charge >= 0.3 is 11.3 Å². The summed E-state index contributed by atoms with van der Waals surface area (Å²) in [6.45, 7) is 22.2. The van der Waals surface area contributed by atoms with Crippen LogP contribution in [0.25, 0.3) is 66.7 Å². The third-order valence-electron chi connectivity index (χ3n) is 14.6. The van der Waals surface area contributed by atoms with Crippen LogP contribution < -0.4 is 21.1 Å². The first-order valence-electron chi connectivity index (χ1n) is 23.0. The van der Waals surface area contributed by atoms with Gasteiger partial charge in [0.25, 0.3) is 0 Å². The van der Waals surface area contributed by atoms with Gasteiger partial charge in [0.05, 0.1) is 34.9 Å². The SMILES string of the molecule is CCCCN(CCCC)c1ccc2cc(-c3cnc(-c4ccc5c(c4)C(C)(C)c4cc(-c6cc7cc8c9c(c7oc6=O)C(C)(C)CCN9CCC8(C)C)ccc4-5)cn3)c(=O)oc2c1. The van der Waals surface area contributed by atoms with E-state index in [0.29, 0.717) is 28.1 Å². The first kappa shape index (κ1) is 41.0. The van der Waals surface area contributed by atoms with Crippen molar-refractivity contribution >= 4 is 33.3 Å². The normalized spacial score (nSPS) is 16.5. The molecule has 5 heterocycles. The van der Waals surface area contributed by atoms with E-state index in [-0.39, 0.29) is 21.9 Å². The van der Waals surface area contributed by atoms with Crippen LogP contribution in [-0.4, -0.2) is 36.1 Å². The van der Waals surface area contributed by atoms with Gasteiger partial charge in [0.15, 0.2) is 0 Å². The summed E-state index contributed by atoms with van der Waals surface area (Å²) in [5.74, 6) is 0. The summed E-state index contributed by atoms with van der Waals surface area (Å²) in [5, 5.41) is 1.84. The van der Waals surface area contributed by atoms with E-state index < -0.39 is 5.63 Å². The van der Waals surface area contributed by atoms with E-state index in [9.17, 15) is 9.59 Å². The number of benzene rings is 4. The maximum absolute atomic E-state index is 14.1. The summed E-state index contributed by atoms with van der Waals surface area (Å²) in [7, 11) is 0. The highest BCUT2D eigenvalue weighted by Crippen LogP contribution is 2.53. The van der Waals surface area contributed by atoms with E-state index in [1.165, 1.54) is 22.4 Å². The molecule has 3 aromatic heterocycles. The molecule has 8 nitrogen and oxygen atoms in total. The second kappa shape index (κ2) is 15.1. The fourth-order valence-electron chi connectivity index (χ4n) is 10.6. The molecule has 0 atom stereocenters. The van der Waals surface area contributed by atoms with Crippen molar-refractivity contribution in [2.75, 3.05) is 36.0 Å². The molecule has 0 amide bonds. The van der Waals surface area contributed by atoms with E-state index >= 15 is 0 Å². The van der Waals surface area contributed by atoms with Crippen LogP contribution >= 0.6 is 0 Å². The Labute approximate surface area is 370 Å². The Kier molecular flexibility index (Phi) is 9.81. The number of anilines is 2. The van der Waals surface area contributed by atoms with Gasteiger partial charge in [-0.15, -0.1) is 0 Å². The lowest BCUT2D eigenvalue weighted by Crippen LogP contribution is -2.44. The van der Waals surface area contributed by atoms with Crippen LogP contribution in [0.4, 0.5) is 11.4 Å². The van der Waals surface area contributed by atoms with Crippen molar-refractivity contribution in [3.8, 4) is 44.8 Å². The number of hydrogen-bond acceptors (Lipinski definition) is 8. The predicted molar refractivity (Wildman–Crippen MR) is 258 cm³/mol. The third kappa shape index (κ3) is 6.79. The minimum absolute atomic E-state index is 0.0252. The van der Waals surface area contributed by atoms with Crippen molar-refractivity contribution in [3.63, 3.8) is 0 Å². The van der Waals surface area contributed by atoms with Crippen molar-refractivity contribution in [1.29, 1.82) is 0 Å². The fourth-order valence-corrected chi connectivity index (χ4v) is 10.6. The number of rotatable bonds is 10. The molecule has 4 aromatic carbocycles. The van der Waals surface area contributed by atoms with Gasteiger partial charge in [-0.2, -0.15) is 0 Å². The van der Waals surface area contributed by atoms with Gasteiger partial charge in [-0.1, -0.05) is 92.5 Å². The fraction of sp³-hybridized carbons (Fsp3) is 0.382. The summed E-state index contributed by atoms with van der Waals surface area (Å²) >= 11 is 0. The first-order chi connectivity index (χ1) is 30.2. The maximum atomic E-state index is 14.1. The monoisotopic (exact) mass is 838 g/mol. The lowest BCUT2D eigenvalue weighted by molar-refractivity contribution is 0.398. The maximum Gasteiger partial charge on any atom is 0.345 e. The van der Waals surface area contributed by atoms with E-state index in [1.807, 2.05) is 18.2 Å². The number of fused-ring (bicyclic) bond motifs is 6. The van der Waals surface area contributed by atoms with Gasteiger partial charge in [-0.3, -0.25) is 9.97 Å². The molecule has 2 aliphatic heterocycles. The largest absolute Gasteiger partial charge is 0.422 e. The molecule has 0 bridgehead atoms. The minimum Gasteiger partial charge on any atom is -0.422 e. The number of nitrogens with zero attached hydrogens (tertiary/aromatic N) is 4. The van der Waals surface area contributed by atoms with Gasteiger partial charge in [-0.05, 0) is 112 Å². The minimum atomic E-state index is -0.429. The Balaban J connectivity index is 0.947. The van der Waals surface area contributed by atoms with E-state index in [2.05, 4.69) is 120 Å². The molecule has 7 aromatic rings. The van der Waals surface area contributed by atoms with Crippen molar-refractivity contribution in [3.05, 3.63) is 128 Å². The molecule has 0 saturated heterocycles. The zero-order chi connectivity index (χ0) is 44.0. The zero-order valence-electron chi connectivity index (χ0n) is 38.1. The van der Waals surface area contributed by atoms with Crippen molar-refractivity contribution in [1.82, 2.24) is 9.97 Å². The molecule has 3 aliphatic rings. The lowest BCUT2D eigenvalue weighted by Gasteiger charge is -2.48. The van der Waals surface area contributed by atoms with Crippen molar-refractivity contribution < 1.29 is 8.83 Å². The summed E-state index contributed by atoms with van der Waals surface area (Å²) in [5.41, 5.74) is 13.6. The molecule has 0 spiro atoms.